The van der Waals surface area contributed by atoms with Crippen LogP contribution in [0.4, 0.5) is 4.79 Å². The molecule has 2 amide bonds. The van der Waals surface area contributed by atoms with E-state index in [1.54, 1.807) is 5.43 Å². The number of hydrogen-bond donors (Lipinski definition) is 4. The van der Waals surface area contributed by atoms with Crippen molar-refractivity contribution in [2.75, 3.05) is 0 Å². The van der Waals surface area contributed by atoms with E-state index in [1.807, 2.05) is 0 Å². The molecule has 5 heteroatoms. The highest BCUT2D eigenvalue weighted by Gasteiger charge is 1.79. The average molecular weight is 91.1 g/mol. The fourth-order valence-electron chi connectivity index (χ4n) is 0.0551. The van der Waals surface area contributed by atoms with E-state index in [0.717, 1.165) is 0 Å². The van der Waals surface area contributed by atoms with Crippen molar-refractivity contribution in [1.29, 1.82) is 0 Å². The second-order valence-corrected chi connectivity index (χ2v) is 0.601. The SMILES string of the molecule is NC(=O)NNO. The zero-order valence-corrected chi connectivity index (χ0v) is 2.93. The molecular formula is CH5N3O2. The van der Waals surface area contributed by atoms with Gasteiger partial charge in [0.2, 0.25) is 0 Å². The van der Waals surface area contributed by atoms with Gasteiger partial charge in [-0.2, -0.15) is 0 Å². The third-order valence-corrected chi connectivity index (χ3v) is 0.179. The van der Waals surface area contributed by atoms with Crippen molar-refractivity contribution in [3.05, 3.63) is 0 Å². The molecule has 0 unspecified atom stereocenters. The molecule has 0 aromatic rings. The Morgan fingerprint density at radius 1 is 1.83 bits per heavy atom. The summed E-state index contributed by atoms with van der Waals surface area (Å²) in [6.07, 6.45) is 0. The van der Waals surface area contributed by atoms with Crippen LogP contribution in [0.15, 0.2) is 0 Å². The molecule has 36 valence electrons. The van der Waals surface area contributed by atoms with Gasteiger partial charge in [0.25, 0.3) is 0 Å². The number of nitrogens with one attached hydrogen (secondary N) is 2. The highest BCUT2D eigenvalue weighted by Crippen LogP contribution is 1.39. The molecule has 5 N–H and O–H groups in total. The average Bonchev–Trinajstić information content (AvgIpc) is 1.35. The predicted octanol–water partition coefficient (Wildman–Crippen LogP) is -1.45. The summed E-state index contributed by atoms with van der Waals surface area (Å²) in [7, 11) is 0. The number of carbonyl (C=O) groups is 1. The molecular weight excluding hydrogens is 86.0 g/mol. The standard InChI is InChI=1S/CH5N3O2/c2-1(5)3-4-6/h4,6H,(H3,2,3,5). The van der Waals surface area contributed by atoms with E-state index in [1.165, 1.54) is 5.59 Å². The van der Waals surface area contributed by atoms with Crippen LogP contribution in [0.3, 0.4) is 0 Å². The number of rotatable bonds is 1. The zero-order valence-electron chi connectivity index (χ0n) is 2.93. The molecule has 0 saturated heterocycles. The van der Waals surface area contributed by atoms with Crippen molar-refractivity contribution in [2.24, 2.45) is 5.73 Å². The molecule has 0 spiro atoms. The molecule has 0 aromatic heterocycles. The van der Waals surface area contributed by atoms with Gasteiger partial charge in [-0.15, -0.1) is 5.59 Å². The van der Waals surface area contributed by atoms with Crippen LogP contribution in [0.1, 0.15) is 0 Å². The quantitative estimate of drug-likeness (QED) is 0.298. The maximum atomic E-state index is 9.49. The largest absolute Gasteiger partial charge is 0.350 e. The lowest BCUT2D eigenvalue weighted by Crippen LogP contribution is -2.38. The Morgan fingerprint density at radius 3 is 2.33 bits per heavy atom. The van der Waals surface area contributed by atoms with E-state index < -0.39 is 6.03 Å². The Morgan fingerprint density at radius 2 is 2.33 bits per heavy atom. The van der Waals surface area contributed by atoms with Gasteiger partial charge < -0.3 is 5.73 Å². The van der Waals surface area contributed by atoms with E-state index in [2.05, 4.69) is 5.73 Å². The molecule has 0 saturated carbocycles. The minimum Gasteiger partial charge on any atom is -0.350 e. The smallest absolute Gasteiger partial charge is 0.328 e. The molecule has 0 aliphatic heterocycles. The van der Waals surface area contributed by atoms with Gasteiger partial charge in [-0.1, -0.05) is 0 Å². The zero-order chi connectivity index (χ0) is 4.99. The monoisotopic (exact) mass is 91.0 g/mol. The highest BCUT2D eigenvalue weighted by atomic mass is 16.5. The molecule has 0 atom stereocenters. The lowest BCUT2D eigenvalue weighted by molar-refractivity contribution is 0.129. The fraction of sp³-hybridized carbons (Fsp3) is 0. The summed E-state index contributed by atoms with van der Waals surface area (Å²) in [6.45, 7) is 0. The molecule has 0 aliphatic rings. The van der Waals surface area contributed by atoms with E-state index in [0.29, 0.717) is 0 Å². The number of hydrogen-bond acceptors (Lipinski definition) is 3. The molecule has 0 fully saturated rings. The molecule has 0 heterocycles. The van der Waals surface area contributed by atoms with Crippen LogP contribution < -0.4 is 16.7 Å². The third-order valence-electron chi connectivity index (χ3n) is 0.179. The first kappa shape index (κ1) is 5.19. The minimum absolute atomic E-state index is 0.822. The van der Waals surface area contributed by atoms with E-state index in [-0.39, 0.29) is 0 Å². The van der Waals surface area contributed by atoms with Crippen LogP contribution in [0.5, 0.6) is 0 Å². The van der Waals surface area contributed by atoms with Crippen molar-refractivity contribution in [1.82, 2.24) is 11.0 Å². The van der Waals surface area contributed by atoms with Gasteiger partial charge in [0.05, 0.1) is 0 Å². The summed E-state index contributed by atoms with van der Waals surface area (Å²) in [5.74, 6) is 0. The number of primary amides is 1. The van der Waals surface area contributed by atoms with Crippen LogP contribution in [0.2, 0.25) is 0 Å². The van der Waals surface area contributed by atoms with Crippen molar-refractivity contribution in [3.8, 4) is 0 Å². The summed E-state index contributed by atoms with van der Waals surface area (Å²) < 4.78 is 0. The van der Waals surface area contributed by atoms with Crippen molar-refractivity contribution >= 4 is 6.03 Å². The Bertz CT molecular complexity index is 52.8. The minimum atomic E-state index is -0.822. The van der Waals surface area contributed by atoms with Crippen LogP contribution >= 0.6 is 0 Å². The number of urea groups is 1. The Kier molecular flexibility index (Phi) is 2.10. The first-order valence-corrected chi connectivity index (χ1v) is 1.22. The number of nitrogens with two attached hydrogens (primary N) is 1. The van der Waals surface area contributed by atoms with Crippen LogP contribution in [0, 0.1) is 0 Å². The van der Waals surface area contributed by atoms with Gasteiger partial charge in [0.1, 0.15) is 0 Å². The number of hydrazine groups is 1. The van der Waals surface area contributed by atoms with Gasteiger partial charge in [-0.05, 0) is 0 Å². The second kappa shape index (κ2) is 2.43. The topological polar surface area (TPSA) is 87.4 Å². The maximum Gasteiger partial charge on any atom is 0.328 e. The van der Waals surface area contributed by atoms with Crippen LogP contribution in [0.25, 0.3) is 0 Å². The van der Waals surface area contributed by atoms with Crippen LogP contribution in [-0.4, -0.2) is 11.2 Å². The van der Waals surface area contributed by atoms with Gasteiger partial charge in [-0.3, -0.25) is 10.6 Å². The van der Waals surface area contributed by atoms with E-state index in [9.17, 15) is 4.79 Å². The van der Waals surface area contributed by atoms with E-state index >= 15 is 0 Å². The second-order valence-electron chi connectivity index (χ2n) is 0.601. The Balaban J connectivity index is 2.83. The van der Waals surface area contributed by atoms with Gasteiger partial charge >= 0.3 is 6.03 Å². The van der Waals surface area contributed by atoms with Gasteiger partial charge in [-0.25, -0.2) is 4.79 Å². The molecule has 0 aliphatic carbocycles. The lowest BCUT2D eigenvalue weighted by atomic mass is 11.2. The highest BCUT2D eigenvalue weighted by molar-refractivity contribution is 5.70. The summed E-state index contributed by atoms with van der Waals surface area (Å²) in [5, 5.41) is 7.57. The van der Waals surface area contributed by atoms with Crippen molar-refractivity contribution in [3.63, 3.8) is 0 Å². The Labute approximate surface area is 34.1 Å². The van der Waals surface area contributed by atoms with Crippen LogP contribution in [-0.2, 0) is 0 Å². The van der Waals surface area contributed by atoms with Gasteiger partial charge in [0.15, 0.2) is 0 Å². The summed E-state index contributed by atoms with van der Waals surface area (Å²) >= 11 is 0. The molecule has 6 heavy (non-hydrogen) atoms. The maximum absolute atomic E-state index is 9.49. The summed E-state index contributed by atoms with van der Waals surface area (Å²) in [6, 6.07) is -0.822. The molecule has 0 radical (unpaired) electrons. The normalized spacial score (nSPS) is 7.50. The van der Waals surface area contributed by atoms with E-state index in [4.69, 9.17) is 5.21 Å². The molecule has 5 nitrogen and oxygen atoms in total. The van der Waals surface area contributed by atoms with Crippen molar-refractivity contribution < 1.29 is 10.0 Å². The lowest BCUT2D eigenvalue weighted by Gasteiger charge is -1.90. The summed E-state index contributed by atoms with van der Waals surface area (Å²) in [5.41, 5.74) is 7.43. The number of carbonyl (C=O) groups excluding carboxylic acids is 1. The van der Waals surface area contributed by atoms with Gasteiger partial charge in [0, 0.05) is 0 Å². The fourth-order valence-corrected chi connectivity index (χ4v) is 0.0551. The molecule has 0 bridgehead atoms. The first-order valence-electron chi connectivity index (χ1n) is 1.22. The summed E-state index contributed by atoms with van der Waals surface area (Å²) in [4.78, 5) is 9.49. The predicted molar refractivity (Wildman–Crippen MR) is 17.6 cm³/mol. The number of amides is 2. The van der Waals surface area contributed by atoms with Crippen molar-refractivity contribution in [2.45, 2.75) is 0 Å². The Hall–Kier alpha value is -0.810. The third kappa shape index (κ3) is 3.19. The molecule has 0 aromatic carbocycles. The molecule has 0 rings (SSSR count). The first-order chi connectivity index (χ1) is 2.77.